The van der Waals surface area contributed by atoms with Crippen LogP contribution in [-0.4, -0.2) is 4.57 Å². The fourth-order valence-corrected chi connectivity index (χ4v) is 3.06. The van der Waals surface area contributed by atoms with Gasteiger partial charge >= 0.3 is 0 Å². The van der Waals surface area contributed by atoms with Crippen molar-refractivity contribution in [1.82, 2.24) is 4.57 Å². The van der Waals surface area contributed by atoms with Crippen LogP contribution in [0.25, 0.3) is 33.6 Å². The summed E-state index contributed by atoms with van der Waals surface area (Å²) >= 11 is 0. The maximum absolute atomic E-state index is 3.82. The van der Waals surface area contributed by atoms with Crippen molar-refractivity contribution in [3.63, 3.8) is 0 Å². The zero-order valence-electron chi connectivity index (χ0n) is 13.1. The predicted octanol–water partition coefficient (Wildman–Crippen LogP) is 5.53. The number of nitrogens with zero attached hydrogens (tertiary/aromatic N) is 1. The minimum atomic E-state index is 0. The molecule has 0 aliphatic rings. The average Bonchev–Trinajstić information content (AvgIpc) is 2.89. The summed E-state index contributed by atoms with van der Waals surface area (Å²) in [6.07, 6.45) is 1.87. The van der Waals surface area contributed by atoms with Crippen LogP contribution in [0.2, 0.25) is 0 Å². The van der Waals surface area contributed by atoms with E-state index in [-0.39, 0.29) is 32.7 Å². The van der Waals surface area contributed by atoms with Gasteiger partial charge in [0.2, 0.25) is 0 Å². The fourth-order valence-electron chi connectivity index (χ4n) is 3.06. The third kappa shape index (κ3) is 2.69. The Kier molecular flexibility index (Phi) is 4.52. The third-order valence-electron chi connectivity index (χ3n) is 4.15. The summed E-state index contributed by atoms with van der Waals surface area (Å²) in [6.45, 7) is 5.96. The summed E-state index contributed by atoms with van der Waals surface area (Å²) in [5.74, 6) is 0. The molecule has 0 spiro atoms. The molecule has 1 nitrogen and oxygen atoms in total. The molecule has 0 N–H and O–H groups in total. The zero-order chi connectivity index (χ0) is 15.1. The Hall–Kier alpha value is -1.70. The van der Waals surface area contributed by atoms with Crippen LogP contribution < -0.4 is 0 Å². The summed E-state index contributed by atoms with van der Waals surface area (Å²) in [7, 11) is 0. The first-order valence-corrected chi connectivity index (χ1v) is 7.42. The molecule has 0 saturated carbocycles. The number of aromatic nitrogens is 1. The second-order valence-corrected chi connectivity index (χ2v) is 5.59. The minimum absolute atomic E-state index is 0. The van der Waals surface area contributed by atoms with Crippen molar-refractivity contribution in [3.8, 4) is 5.69 Å². The summed E-state index contributed by atoms with van der Waals surface area (Å²) in [6, 6.07) is 24.5. The predicted molar refractivity (Wildman–Crippen MR) is 94.4 cm³/mol. The maximum Gasteiger partial charge on any atom is 0.0438 e. The van der Waals surface area contributed by atoms with Crippen molar-refractivity contribution in [1.29, 1.82) is 0 Å². The second kappa shape index (κ2) is 6.43. The van der Waals surface area contributed by atoms with Gasteiger partial charge in [0.1, 0.15) is 0 Å². The van der Waals surface area contributed by atoms with E-state index < -0.39 is 0 Å². The molecule has 0 saturated heterocycles. The molecule has 0 amide bonds. The van der Waals surface area contributed by atoms with Crippen LogP contribution in [-0.2, 0) is 32.7 Å². The quantitative estimate of drug-likeness (QED) is 0.408. The van der Waals surface area contributed by atoms with Crippen molar-refractivity contribution >= 4 is 27.9 Å². The van der Waals surface area contributed by atoms with Gasteiger partial charge in [-0.1, -0.05) is 48.0 Å². The van der Waals surface area contributed by atoms with Crippen molar-refractivity contribution in [2.24, 2.45) is 0 Å². The van der Waals surface area contributed by atoms with E-state index in [1.54, 1.807) is 0 Å². The van der Waals surface area contributed by atoms with Gasteiger partial charge < -0.3 is 4.57 Å². The first kappa shape index (κ1) is 16.2. The summed E-state index contributed by atoms with van der Waals surface area (Å²) < 4.78 is 2.31. The maximum atomic E-state index is 3.82. The van der Waals surface area contributed by atoms with E-state index in [9.17, 15) is 0 Å². The largest absolute Gasteiger partial charge is 0.334 e. The molecule has 0 fully saturated rings. The summed E-state index contributed by atoms with van der Waals surface area (Å²) in [5, 5.41) is 2.52. The number of hydrogen-bond acceptors (Lipinski definition) is 0. The van der Waals surface area contributed by atoms with Gasteiger partial charge in [-0.05, 0) is 36.1 Å². The van der Waals surface area contributed by atoms with E-state index in [0.717, 1.165) is 5.56 Å². The molecule has 23 heavy (non-hydrogen) atoms. The number of rotatable bonds is 2. The summed E-state index contributed by atoms with van der Waals surface area (Å²) in [4.78, 5) is 0. The molecule has 0 atom stereocenters. The molecule has 0 aliphatic heterocycles. The fraction of sp³-hybridized carbons (Fsp3) is 0.0476. The van der Waals surface area contributed by atoms with Gasteiger partial charge in [-0.3, -0.25) is 0 Å². The number of benzene rings is 3. The molecule has 1 aromatic heterocycles. The molecule has 2 heteroatoms. The van der Waals surface area contributed by atoms with Gasteiger partial charge in [0.05, 0.1) is 0 Å². The number of fused-ring (bicyclic) bond motifs is 3. The Balaban J connectivity index is 0.00000156. The van der Waals surface area contributed by atoms with Gasteiger partial charge in [0.15, 0.2) is 0 Å². The Morgan fingerprint density at radius 1 is 0.957 bits per heavy atom. The smallest absolute Gasteiger partial charge is 0.0438 e. The van der Waals surface area contributed by atoms with Gasteiger partial charge in [0.25, 0.3) is 0 Å². The zero-order valence-corrected chi connectivity index (χ0v) is 15.9. The van der Waals surface area contributed by atoms with Crippen molar-refractivity contribution in [2.45, 2.75) is 6.92 Å². The molecular formula is C21H16NY-. The summed E-state index contributed by atoms with van der Waals surface area (Å²) in [5.41, 5.74) is 6.02. The molecule has 4 rings (SSSR count). The van der Waals surface area contributed by atoms with Crippen LogP contribution in [0.15, 0.2) is 67.2 Å². The topological polar surface area (TPSA) is 4.93 Å². The third-order valence-corrected chi connectivity index (χ3v) is 4.15. The van der Waals surface area contributed by atoms with Gasteiger partial charge in [-0.2, -0.15) is 18.2 Å². The van der Waals surface area contributed by atoms with Gasteiger partial charge in [-0.25, -0.2) is 0 Å². The van der Waals surface area contributed by atoms with Crippen LogP contribution >= 0.6 is 0 Å². The molecule has 0 aliphatic carbocycles. The Bertz CT molecular complexity index is 994. The number of aryl methyl sites for hydroxylation is 1. The Morgan fingerprint density at radius 3 is 2.43 bits per heavy atom. The van der Waals surface area contributed by atoms with Gasteiger partial charge in [-0.15, -0.1) is 11.5 Å². The molecule has 1 radical (unpaired) electrons. The SMILES string of the molecule is C=Cc1ccc(-n2c3cc[c-]cc3c3cc(C)ccc32)cc1.[Y]. The van der Waals surface area contributed by atoms with Crippen LogP contribution in [0.5, 0.6) is 0 Å². The van der Waals surface area contributed by atoms with Gasteiger partial charge in [0, 0.05) is 43.9 Å². The molecule has 109 valence electrons. The molecule has 0 bridgehead atoms. The van der Waals surface area contributed by atoms with E-state index in [0.29, 0.717) is 0 Å². The van der Waals surface area contributed by atoms with E-state index in [4.69, 9.17) is 0 Å². The first-order valence-electron chi connectivity index (χ1n) is 7.42. The van der Waals surface area contributed by atoms with E-state index >= 15 is 0 Å². The Morgan fingerprint density at radius 2 is 1.70 bits per heavy atom. The monoisotopic (exact) mass is 371 g/mol. The Labute approximate surface area is 161 Å². The average molecular weight is 371 g/mol. The second-order valence-electron chi connectivity index (χ2n) is 5.59. The van der Waals surface area contributed by atoms with Crippen molar-refractivity contribution < 1.29 is 32.7 Å². The van der Waals surface area contributed by atoms with Crippen LogP contribution in [0, 0.1) is 13.0 Å². The molecule has 1 heterocycles. The molecule has 3 aromatic carbocycles. The first-order chi connectivity index (χ1) is 10.8. The minimum Gasteiger partial charge on any atom is -0.334 e. The standard InChI is InChI=1S/C21H16N.Y/c1-3-16-9-11-17(12-10-16)22-20-7-5-4-6-18(20)19-14-15(2)8-13-21(19)22;/h3,5-14H,1H2,2H3;/q-1;. The normalized spacial score (nSPS) is 10.7. The van der Waals surface area contributed by atoms with Crippen molar-refractivity contribution in [3.05, 3.63) is 84.4 Å². The molecule has 0 unspecified atom stereocenters. The van der Waals surface area contributed by atoms with Crippen LogP contribution in [0.3, 0.4) is 0 Å². The van der Waals surface area contributed by atoms with Crippen LogP contribution in [0.1, 0.15) is 11.1 Å². The molecule has 4 aromatic rings. The number of hydrogen-bond donors (Lipinski definition) is 0. The van der Waals surface area contributed by atoms with Crippen molar-refractivity contribution in [2.75, 3.05) is 0 Å². The van der Waals surface area contributed by atoms with E-state index in [1.807, 2.05) is 12.1 Å². The van der Waals surface area contributed by atoms with E-state index in [2.05, 4.69) is 78.7 Å². The van der Waals surface area contributed by atoms with Crippen LogP contribution in [0.4, 0.5) is 0 Å². The van der Waals surface area contributed by atoms with E-state index in [1.165, 1.54) is 33.1 Å². The molecular weight excluding hydrogens is 355 g/mol.